The van der Waals surface area contributed by atoms with Crippen LogP contribution in [0.15, 0.2) is 18.2 Å². The average Bonchev–Trinajstić information content (AvgIpc) is 3.14. The zero-order chi connectivity index (χ0) is 28.3. The topological polar surface area (TPSA) is 145 Å². The number of rotatable bonds is 10. The van der Waals surface area contributed by atoms with Crippen LogP contribution in [0, 0.1) is 10.1 Å². The van der Waals surface area contributed by atoms with Gasteiger partial charge in [0.25, 0.3) is 23.4 Å². The molecule has 0 aliphatic carbocycles. The Kier molecular flexibility index (Phi) is 9.42. The van der Waals surface area contributed by atoms with E-state index in [4.69, 9.17) is 55.9 Å². The lowest BCUT2D eigenvalue weighted by molar-refractivity contribution is -0.383. The summed E-state index contributed by atoms with van der Waals surface area (Å²) in [6.45, 7) is 0.963. The second-order valence-corrected chi connectivity index (χ2v) is 9.45. The minimum absolute atomic E-state index is 0.0144. The summed E-state index contributed by atoms with van der Waals surface area (Å²) in [5.74, 6) is -3.58. The van der Waals surface area contributed by atoms with Crippen LogP contribution in [0.4, 0.5) is 11.4 Å². The van der Waals surface area contributed by atoms with E-state index in [-0.39, 0.29) is 49.1 Å². The van der Waals surface area contributed by atoms with Crippen molar-refractivity contribution in [3.8, 4) is 5.75 Å². The number of methoxy groups -OCH3 is 1. The van der Waals surface area contributed by atoms with Crippen molar-refractivity contribution in [1.29, 1.82) is 0 Å². The number of esters is 1. The maximum Gasteiger partial charge on any atom is 0.329 e. The predicted octanol–water partition coefficient (Wildman–Crippen LogP) is 5.55. The molecule has 3 amide bonds. The van der Waals surface area contributed by atoms with E-state index in [1.165, 1.54) is 19.2 Å². The van der Waals surface area contributed by atoms with Crippen LogP contribution in [0.25, 0.3) is 0 Å². The van der Waals surface area contributed by atoms with Crippen molar-refractivity contribution in [1.82, 2.24) is 4.90 Å². The average molecular weight is 607 g/mol. The second kappa shape index (κ2) is 12.2. The van der Waals surface area contributed by atoms with Gasteiger partial charge in [-0.3, -0.25) is 29.4 Å². The number of ether oxygens (including phenoxy) is 2. The number of halogens is 4. The van der Waals surface area contributed by atoms with Crippen molar-refractivity contribution in [3.05, 3.63) is 59.5 Å². The van der Waals surface area contributed by atoms with Gasteiger partial charge in [0.1, 0.15) is 17.5 Å². The molecule has 0 saturated carbocycles. The Bertz CT molecular complexity index is 1300. The van der Waals surface area contributed by atoms with Crippen molar-refractivity contribution < 1.29 is 33.6 Å². The number of nitrogens with one attached hydrogen (secondary N) is 1. The molecule has 15 heteroatoms. The number of anilines is 1. The van der Waals surface area contributed by atoms with Crippen molar-refractivity contribution >= 4 is 81.5 Å². The Balaban J connectivity index is 1.82. The third-order valence-corrected chi connectivity index (χ3v) is 7.37. The molecule has 0 fully saturated rings. The van der Waals surface area contributed by atoms with Crippen LogP contribution in [0.5, 0.6) is 5.75 Å². The highest BCUT2D eigenvalue weighted by atomic mass is 35.5. The zero-order valence-electron chi connectivity index (χ0n) is 19.8. The Labute approximate surface area is 236 Å². The molecule has 0 aromatic heterocycles. The van der Waals surface area contributed by atoms with Gasteiger partial charge in [-0.05, 0) is 12.5 Å². The number of benzene rings is 2. The highest BCUT2D eigenvalue weighted by molar-refractivity contribution is 6.55. The quantitative estimate of drug-likeness (QED) is 0.0924. The number of fused-ring (bicyclic) bond motifs is 1. The van der Waals surface area contributed by atoms with Gasteiger partial charge >= 0.3 is 5.97 Å². The van der Waals surface area contributed by atoms with E-state index in [1.807, 2.05) is 6.92 Å². The molecule has 1 N–H and O–H groups in total. The fourth-order valence-corrected chi connectivity index (χ4v) is 4.73. The number of amides is 3. The van der Waals surface area contributed by atoms with Crippen LogP contribution in [0.2, 0.25) is 20.1 Å². The van der Waals surface area contributed by atoms with E-state index >= 15 is 0 Å². The van der Waals surface area contributed by atoms with Crippen LogP contribution in [-0.4, -0.2) is 53.3 Å². The van der Waals surface area contributed by atoms with Gasteiger partial charge in [-0.15, -0.1) is 0 Å². The Morgan fingerprint density at radius 1 is 1.05 bits per heavy atom. The third kappa shape index (κ3) is 5.65. The second-order valence-electron chi connectivity index (χ2n) is 7.94. The Morgan fingerprint density at radius 2 is 1.63 bits per heavy atom. The summed E-state index contributed by atoms with van der Waals surface area (Å²) in [6.07, 6.45) is 1.03. The monoisotopic (exact) mass is 605 g/mol. The van der Waals surface area contributed by atoms with E-state index in [9.17, 15) is 29.3 Å². The molecular weight excluding hydrogens is 588 g/mol. The molecule has 3 rings (SSSR count). The van der Waals surface area contributed by atoms with Gasteiger partial charge in [0.15, 0.2) is 6.61 Å². The number of hydrogen-bond acceptors (Lipinski definition) is 8. The lowest BCUT2D eigenvalue weighted by Gasteiger charge is -2.24. The molecule has 0 unspecified atom stereocenters. The molecule has 0 radical (unpaired) electrons. The molecule has 2 aromatic rings. The Hall–Kier alpha value is -3.12. The first-order valence-electron chi connectivity index (χ1n) is 11.0. The van der Waals surface area contributed by atoms with Gasteiger partial charge in [0.2, 0.25) is 0 Å². The summed E-state index contributed by atoms with van der Waals surface area (Å²) in [7, 11) is 1.34. The van der Waals surface area contributed by atoms with E-state index in [0.29, 0.717) is 17.7 Å². The van der Waals surface area contributed by atoms with E-state index in [1.54, 1.807) is 0 Å². The summed E-state index contributed by atoms with van der Waals surface area (Å²) in [5.41, 5.74) is -1.19. The SMILES string of the molecule is CCCC[C@H](C(=O)OCC(=O)Nc1cc(OC)ccc1[N+](=O)[O-])N1C(=O)c2c(Cl)c(Cl)c(Cl)c(Cl)c2C1=O. The van der Waals surface area contributed by atoms with E-state index in [2.05, 4.69) is 5.32 Å². The van der Waals surface area contributed by atoms with Gasteiger partial charge in [0.05, 0.1) is 43.3 Å². The minimum Gasteiger partial charge on any atom is -0.497 e. The predicted molar refractivity (Wildman–Crippen MR) is 140 cm³/mol. The number of carbonyl (C=O) groups excluding carboxylic acids is 4. The van der Waals surface area contributed by atoms with Crippen LogP contribution < -0.4 is 10.1 Å². The molecule has 2 aromatic carbocycles. The number of unbranched alkanes of at least 4 members (excludes halogenated alkanes) is 1. The maximum atomic E-state index is 13.2. The standard InChI is InChI=1S/C23H19Cl4N3O8/c1-3-4-5-13(29-21(32)15-16(22(29)33)18(25)20(27)19(26)17(15)24)23(34)38-9-14(31)28-11-8-10(37-2)6-7-12(11)30(35)36/h6-8,13H,3-5,9H2,1-2H3,(H,28,31)/t13-/m1/s1. The molecule has 1 aliphatic rings. The minimum atomic E-state index is -1.43. The van der Waals surface area contributed by atoms with Crippen LogP contribution in [0.3, 0.4) is 0 Å². The lowest BCUT2D eigenvalue weighted by atomic mass is 10.1. The molecule has 202 valence electrons. The summed E-state index contributed by atoms with van der Waals surface area (Å²) in [6, 6.07) is 2.28. The smallest absolute Gasteiger partial charge is 0.329 e. The number of nitrogens with zero attached hydrogens (tertiary/aromatic N) is 2. The molecule has 0 spiro atoms. The first-order chi connectivity index (χ1) is 17.9. The molecule has 0 bridgehead atoms. The van der Waals surface area contributed by atoms with Crippen molar-refractivity contribution in [2.75, 3.05) is 19.0 Å². The maximum absolute atomic E-state index is 13.2. The summed E-state index contributed by atoms with van der Waals surface area (Å²) < 4.78 is 10.1. The van der Waals surface area contributed by atoms with Gasteiger partial charge in [-0.2, -0.15) is 0 Å². The number of carbonyl (C=O) groups is 4. The van der Waals surface area contributed by atoms with Crippen molar-refractivity contribution in [2.24, 2.45) is 0 Å². The summed E-state index contributed by atoms with van der Waals surface area (Å²) >= 11 is 24.4. The summed E-state index contributed by atoms with van der Waals surface area (Å²) in [5, 5.41) is 12.5. The van der Waals surface area contributed by atoms with Crippen LogP contribution >= 0.6 is 46.4 Å². The van der Waals surface area contributed by atoms with Crippen LogP contribution in [-0.2, 0) is 14.3 Å². The van der Waals surface area contributed by atoms with Crippen molar-refractivity contribution in [2.45, 2.75) is 32.2 Å². The molecule has 11 nitrogen and oxygen atoms in total. The molecule has 1 heterocycles. The highest BCUT2D eigenvalue weighted by Gasteiger charge is 2.47. The third-order valence-electron chi connectivity index (χ3n) is 5.57. The highest BCUT2D eigenvalue weighted by Crippen LogP contribution is 2.45. The van der Waals surface area contributed by atoms with E-state index in [0.717, 1.165) is 6.07 Å². The van der Waals surface area contributed by atoms with Crippen molar-refractivity contribution in [3.63, 3.8) is 0 Å². The first kappa shape index (κ1) is 29.4. The largest absolute Gasteiger partial charge is 0.497 e. The number of nitro benzene ring substituents is 1. The van der Waals surface area contributed by atoms with E-state index < -0.39 is 47.0 Å². The van der Waals surface area contributed by atoms with Gasteiger partial charge < -0.3 is 14.8 Å². The molecular formula is C23H19Cl4N3O8. The zero-order valence-corrected chi connectivity index (χ0v) is 22.8. The lowest BCUT2D eigenvalue weighted by Crippen LogP contribution is -2.46. The number of imide groups is 1. The fraction of sp³-hybridized carbons (Fsp3) is 0.304. The molecule has 1 aliphatic heterocycles. The first-order valence-corrected chi connectivity index (χ1v) is 12.5. The normalized spacial score (nSPS) is 13.3. The van der Waals surface area contributed by atoms with Gasteiger partial charge in [-0.25, -0.2) is 4.79 Å². The fourth-order valence-electron chi connectivity index (χ4n) is 3.72. The Morgan fingerprint density at radius 3 is 2.13 bits per heavy atom. The van der Waals surface area contributed by atoms with Gasteiger partial charge in [0, 0.05) is 12.1 Å². The number of nitro groups is 1. The molecule has 0 saturated heterocycles. The number of hydrogen-bond donors (Lipinski definition) is 1. The van der Waals surface area contributed by atoms with Gasteiger partial charge in [-0.1, -0.05) is 66.2 Å². The summed E-state index contributed by atoms with van der Waals surface area (Å²) in [4.78, 5) is 63.1. The molecule has 38 heavy (non-hydrogen) atoms. The molecule has 1 atom stereocenters. The van der Waals surface area contributed by atoms with Crippen LogP contribution in [0.1, 0.15) is 46.9 Å².